The van der Waals surface area contributed by atoms with Crippen molar-refractivity contribution in [1.82, 2.24) is 9.62 Å². The molecule has 182 valence electrons. The third kappa shape index (κ3) is 4.92. The highest BCUT2D eigenvalue weighted by Gasteiger charge is 2.34. The van der Waals surface area contributed by atoms with Gasteiger partial charge in [-0.1, -0.05) is 0 Å². The second-order valence-corrected chi connectivity index (χ2v) is 9.81. The van der Waals surface area contributed by atoms with Crippen LogP contribution in [-0.4, -0.2) is 63.4 Å². The number of rotatable bonds is 7. The quantitative estimate of drug-likeness (QED) is 0.566. The molecular weight excluding hydrogens is 464 g/mol. The largest absolute Gasteiger partial charge is 0.460 e. The molecule has 0 atom stereocenters. The number of urea groups is 1. The molecule has 0 radical (unpaired) electrons. The van der Waals surface area contributed by atoms with Gasteiger partial charge >= 0.3 is 12.0 Å². The average Bonchev–Trinajstić information content (AvgIpc) is 3.50. The summed E-state index contributed by atoms with van der Waals surface area (Å²) in [6.07, 6.45) is 0.699. The van der Waals surface area contributed by atoms with Gasteiger partial charge in [-0.05, 0) is 56.2 Å². The van der Waals surface area contributed by atoms with Gasteiger partial charge in [-0.15, -0.1) is 0 Å². The fourth-order valence-electron chi connectivity index (χ4n) is 3.94. The van der Waals surface area contributed by atoms with Crippen LogP contribution >= 0.6 is 0 Å². The van der Waals surface area contributed by atoms with Crippen LogP contribution in [0.25, 0.3) is 0 Å². The highest BCUT2D eigenvalue weighted by atomic mass is 32.2. The number of sulfonamides is 1. The first kappa shape index (κ1) is 23.8. The monoisotopic (exact) mass is 490 g/mol. The minimum atomic E-state index is -3.93. The summed E-state index contributed by atoms with van der Waals surface area (Å²) in [6, 6.07) is 9.35. The maximum atomic E-state index is 12.9. The Morgan fingerprint density at radius 1 is 1.12 bits per heavy atom. The van der Waals surface area contributed by atoms with Crippen LogP contribution in [0.4, 0.5) is 16.2 Å². The molecule has 0 aliphatic carbocycles. The highest BCUT2D eigenvalue weighted by Crippen LogP contribution is 2.27. The van der Waals surface area contributed by atoms with Crippen molar-refractivity contribution in [2.75, 3.05) is 43.0 Å². The number of carbonyl (C=O) groups is 3. The van der Waals surface area contributed by atoms with E-state index in [2.05, 4.69) is 10.6 Å². The van der Waals surface area contributed by atoms with Gasteiger partial charge in [0.15, 0.2) is 0 Å². The maximum Gasteiger partial charge on any atom is 0.374 e. The summed E-state index contributed by atoms with van der Waals surface area (Å²) in [5.74, 6) is -1.43. The number of hydrogen-bond donors (Lipinski definition) is 2. The summed E-state index contributed by atoms with van der Waals surface area (Å²) >= 11 is 0. The fourth-order valence-corrected chi connectivity index (χ4v) is 5.32. The zero-order chi connectivity index (χ0) is 24.3. The predicted molar refractivity (Wildman–Crippen MR) is 122 cm³/mol. The van der Waals surface area contributed by atoms with E-state index < -0.39 is 16.0 Å². The van der Waals surface area contributed by atoms with Gasteiger partial charge in [0, 0.05) is 43.5 Å². The van der Waals surface area contributed by atoms with Crippen molar-refractivity contribution in [3.63, 3.8) is 0 Å². The van der Waals surface area contributed by atoms with Gasteiger partial charge in [0.25, 0.3) is 10.0 Å². The lowest BCUT2D eigenvalue weighted by molar-refractivity contribution is -0.120. The van der Waals surface area contributed by atoms with Crippen molar-refractivity contribution in [2.45, 2.75) is 24.9 Å². The molecule has 3 amide bonds. The molecule has 0 spiro atoms. The summed E-state index contributed by atoms with van der Waals surface area (Å²) in [5, 5.41) is 5.27. The summed E-state index contributed by atoms with van der Waals surface area (Å²) in [4.78, 5) is 37.8. The normalized spacial score (nSPS) is 17.4. The Hall–Kier alpha value is -3.38. The minimum absolute atomic E-state index is 0.148. The Morgan fingerprint density at radius 3 is 2.44 bits per heavy atom. The van der Waals surface area contributed by atoms with Crippen LogP contribution < -0.4 is 15.5 Å². The van der Waals surface area contributed by atoms with E-state index in [-0.39, 0.29) is 48.4 Å². The van der Waals surface area contributed by atoms with E-state index in [1.54, 1.807) is 36.1 Å². The van der Waals surface area contributed by atoms with Gasteiger partial charge in [0.2, 0.25) is 16.8 Å². The zero-order valence-corrected chi connectivity index (χ0v) is 19.5. The molecule has 1 aromatic heterocycles. The number of carbonyl (C=O) groups excluding carboxylic acids is 3. The number of hydrogen-bond acceptors (Lipinski definition) is 7. The molecule has 3 heterocycles. The van der Waals surface area contributed by atoms with E-state index in [0.29, 0.717) is 31.6 Å². The molecule has 2 aliphatic heterocycles. The Balaban J connectivity index is 1.32. The summed E-state index contributed by atoms with van der Waals surface area (Å²) < 4.78 is 37.0. The van der Waals surface area contributed by atoms with E-state index in [9.17, 15) is 22.8 Å². The second-order valence-electron chi connectivity index (χ2n) is 7.94. The molecular formula is C22H26N4O7S. The first-order chi connectivity index (χ1) is 16.3. The van der Waals surface area contributed by atoms with Crippen molar-refractivity contribution in [2.24, 2.45) is 5.92 Å². The standard InChI is InChI=1S/C22H26N4O7S/c1-2-32-21(28)18-7-8-19(33-18)34(30,31)25-12-9-15(10-13-25)20(27)24-16-3-5-17(6-4-16)26-14-11-23-22(26)29/h3-8,15H,2,9-14H2,1H3,(H,23,29)(H,24,27). The molecule has 2 saturated heterocycles. The van der Waals surface area contributed by atoms with Crippen molar-refractivity contribution in [3.05, 3.63) is 42.2 Å². The van der Waals surface area contributed by atoms with Crippen LogP contribution in [0.15, 0.2) is 45.9 Å². The summed E-state index contributed by atoms with van der Waals surface area (Å²) in [6.45, 7) is 3.28. The van der Waals surface area contributed by atoms with E-state index in [0.717, 1.165) is 5.69 Å². The van der Waals surface area contributed by atoms with Crippen molar-refractivity contribution < 1.29 is 32.0 Å². The van der Waals surface area contributed by atoms with Gasteiger partial charge < -0.3 is 19.8 Å². The second kappa shape index (κ2) is 9.85. The number of ether oxygens (including phenoxy) is 1. The summed E-state index contributed by atoms with van der Waals surface area (Å²) in [7, 11) is -3.93. The predicted octanol–water partition coefficient (Wildman–Crippen LogP) is 2.03. The topological polar surface area (TPSA) is 138 Å². The van der Waals surface area contributed by atoms with Crippen LogP contribution in [0.3, 0.4) is 0 Å². The van der Waals surface area contributed by atoms with Gasteiger partial charge in [-0.3, -0.25) is 9.69 Å². The van der Waals surface area contributed by atoms with Gasteiger partial charge in [0.05, 0.1) is 6.61 Å². The smallest absolute Gasteiger partial charge is 0.374 e. The third-order valence-electron chi connectivity index (χ3n) is 5.78. The van der Waals surface area contributed by atoms with E-state index in [1.807, 2.05) is 0 Å². The number of anilines is 2. The lowest BCUT2D eigenvalue weighted by atomic mass is 9.97. The molecule has 2 aromatic rings. The SMILES string of the molecule is CCOC(=O)c1ccc(S(=O)(=O)N2CCC(C(=O)Nc3ccc(N4CCNC4=O)cc3)CC2)o1. The fraction of sp³-hybridized carbons (Fsp3) is 0.409. The van der Waals surface area contributed by atoms with E-state index in [4.69, 9.17) is 9.15 Å². The summed E-state index contributed by atoms with van der Waals surface area (Å²) in [5.41, 5.74) is 1.35. The number of esters is 1. The first-order valence-electron chi connectivity index (χ1n) is 11.0. The molecule has 34 heavy (non-hydrogen) atoms. The molecule has 0 unspecified atom stereocenters. The molecule has 11 nitrogen and oxygen atoms in total. The first-order valence-corrected chi connectivity index (χ1v) is 12.5. The van der Waals surface area contributed by atoms with Crippen LogP contribution in [0, 0.1) is 5.92 Å². The highest BCUT2D eigenvalue weighted by molar-refractivity contribution is 7.89. The Bertz CT molecular complexity index is 1170. The van der Waals surface area contributed by atoms with Crippen LogP contribution in [0.5, 0.6) is 0 Å². The van der Waals surface area contributed by atoms with Crippen LogP contribution in [0.1, 0.15) is 30.3 Å². The molecule has 4 rings (SSSR count). The van der Waals surface area contributed by atoms with Gasteiger partial charge in [-0.2, -0.15) is 4.31 Å². The molecule has 2 N–H and O–H groups in total. The lowest BCUT2D eigenvalue weighted by Gasteiger charge is -2.29. The average molecular weight is 491 g/mol. The minimum Gasteiger partial charge on any atom is -0.460 e. The van der Waals surface area contributed by atoms with Crippen LogP contribution in [-0.2, 0) is 19.6 Å². The lowest BCUT2D eigenvalue weighted by Crippen LogP contribution is -2.41. The zero-order valence-electron chi connectivity index (χ0n) is 18.7. The van der Waals surface area contributed by atoms with E-state index in [1.165, 1.54) is 16.4 Å². The number of benzene rings is 1. The van der Waals surface area contributed by atoms with Gasteiger partial charge in [-0.25, -0.2) is 18.0 Å². The number of piperidine rings is 1. The number of amides is 3. The third-order valence-corrected chi connectivity index (χ3v) is 7.55. The molecule has 1 aromatic carbocycles. The Labute approximate surface area is 197 Å². The molecule has 2 aliphatic rings. The Kier molecular flexibility index (Phi) is 6.89. The number of nitrogens with one attached hydrogen (secondary N) is 2. The Morgan fingerprint density at radius 2 is 1.82 bits per heavy atom. The molecule has 0 bridgehead atoms. The van der Waals surface area contributed by atoms with Crippen LogP contribution in [0.2, 0.25) is 0 Å². The molecule has 2 fully saturated rings. The number of furan rings is 1. The van der Waals surface area contributed by atoms with Crippen molar-refractivity contribution in [3.8, 4) is 0 Å². The number of nitrogens with zero attached hydrogens (tertiary/aromatic N) is 2. The van der Waals surface area contributed by atoms with Crippen molar-refractivity contribution >= 4 is 39.3 Å². The van der Waals surface area contributed by atoms with Crippen molar-refractivity contribution in [1.29, 1.82) is 0 Å². The molecule has 0 saturated carbocycles. The van der Waals surface area contributed by atoms with E-state index >= 15 is 0 Å². The van der Waals surface area contributed by atoms with Gasteiger partial charge in [0.1, 0.15) is 0 Å². The molecule has 12 heteroatoms. The maximum absolute atomic E-state index is 12.9.